The third-order valence-corrected chi connectivity index (χ3v) is 10.8. The Morgan fingerprint density at radius 1 is 1.03 bits per heavy atom. The van der Waals surface area contributed by atoms with Gasteiger partial charge in [-0.3, -0.25) is 0 Å². The molecule has 0 aliphatic heterocycles. The molecule has 0 aromatic carbocycles. The van der Waals surface area contributed by atoms with Gasteiger partial charge in [-0.25, -0.2) is 0 Å². The molecule has 0 aromatic heterocycles. The van der Waals surface area contributed by atoms with Crippen LogP contribution in [0.25, 0.3) is 0 Å². The van der Waals surface area contributed by atoms with Crippen molar-refractivity contribution in [3.05, 3.63) is 23.8 Å². The molecule has 0 saturated heterocycles. The Balaban J connectivity index is 1.59. The highest BCUT2D eigenvalue weighted by Gasteiger charge is 2.60. The van der Waals surface area contributed by atoms with E-state index in [1.54, 1.807) is 0 Å². The number of rotatable bonds is 5. The van der Waals surface area contributed by atoms with Crippen LogP contribution in [0.5, 0.6) is 0 Å². The van der Waals surface area contributed by atoms with Crippen LogP contribution in [0.1, 0.15) is 92.9 Å². The quantitative estimate of drug-likeness (QED) is 0.254. The van der Waals surface area contributed by atoms with Crippen LogP contribution in [-0.2, 0) is 0 Å². The van der Waals surface area contributed by atoms with E-state index >= 15 is 0 Å². The predicted octanol–water partition coefficient (Wildman–Crippen LogP) is 7.71. The fraction of sp³-hybridized carbons (Fsp3) is 0.793. The van der Waals surface area contributed by atoms with Gasteiger partial charge in [0.05, 0.1) is 11.4 Å². The van der Waals surface area contributed by atoms with Gasteiger partial charge in [-0.15, -0.1) is 0 Å². The lowest BCUT2D eigenvalue weighted by Gasteiger charge is -2.58. The summed E-state index contributed by atoms with van der Waals surface area (Å²) in [5.74, 6) is 4.65. The second-order valence-electron chi connectivity index (χ2n) is 12.5. The van der Waals surface area contributed by atoms with Gasteiger partial charge in [0.1, 0.15) is 0 Å². The van der Waals surface area contributed by atoms with Crippen molar-refractivity contribution in [1.29, 1.82) is 0 Å². The Kier molecular flexibility index (Phi) is 6.86. The van der Waals surface area contributed by atoms with E-state index in [-0.39, 0.29) is 5.41 Å². The zero-order valence-electron chi connectivity index (χ0n) is 21.7. The standard InChI is InChI=1S/C29H46N2O2/c1-7-20(18(2)3)9-8-19(4)23-10-11-24-22-17-27(31-33)26-16-21(30-32)12-14-29(26,6)25(22)13-15-28(23,24)5/h8-9,16,18-20,22-25,32-33H,7,10-15,17H2,1-6H3/b9-8+,30-21+,31-27+/t19-,20?,22+,23-,24+,25+,28-,29-/m1/s1. The molecule has 3 saturated carbocycles. The topological polar surface area (TPSA) is 65.2 Å². The molecule has 33 heavy (non-hydrogen) atoms. The summed E-state index contributed by atoms with van der Waals surface area (Å²) in [6.07, 6.45) is 16.1. The highest BCUT2D eigenvalue weighted by Crippen LogP contribution is 2.67. The van der Waals surface area contributed by atoms with Crippen molar-refractivity contribution in [2.45, 2.75) is 92.9 Å². The first-order valence-electron chi connectivity index (χ1n) is 13.5. The van der Waals surface area contributed by atoms with E-state index in [1.165, 1.54) is 32.1 Å². The van der Waals surface area contributed by atoms with Crippen molar-refractivity contribution in [3.8, 4) is 0 Å². The Bertz CT molecular complexity index is 856. The van der Waals surface area contributed by atoms with Crippen molar-refractivity contribution < 1.29 is 10.4 Å². The number of oxime groups is 2. The highest BCUT2D eigenvalue weighted by atomic mass is 16.4. The zero-order valence-corrected chi connectivity index (χ0v) is 21.7. The van der Waals surface area contributed by atoms with Crippen molar-refractivity contribution in [1.82, 2.24) is 0 Å². The summed E-state index contributed by atoms with van der Waals surface area (Å²) in [7, 11) is 0. The summed E-state index contributed by atoms with van der Waals surface area (Å²) in [5, 5.41) is 26.6. The Hall–Kier alpha value is -1.58. The molecule has 0 heterocycles. The van der Waals surface area contributed by atoms with E-state index in [2.05, 4.69) is 64.0 Å². The van der Waals surface area contributed by atoms with Gasteiger partial charge in [0.25, 0.3) is 0 Å². The first-order valence-corrected chi connectivity index (χ1v) is 13.5. The Labute approximate surface area is 201 Å². The molecule has 2 N–H and O–H groups in total. The van der Waals surface area contributed by atoms with Crippen LogP contribution in [0.4, 0.5) is 0 Å². The second kappa shape index (κ2) is 9.23. The van der Waals surface area contributed by atoms with Crippen molar-refractivity contribution in [2.75, 3.05) is 0 Å². The molecule has 3 fully saturated rings. The fourth-order valence-corrected chi connectivity index (χ4v) is 8.78. The first-order chi connectivity index (χ1) is 15.7. The van der Waals surface area contributed by atoms with Gasteiger partial charge in [0, 0.05) is 0 Å². The van der Waals surface area contributed by atoms with E-state index in [1.807, 2.05) is 6.08 Å². The molecule has 4 aliphatic rings. The third kappa shape index (κ3) is 4.00. The van der Waals surface area contributed by atoms with Crippen molar-refractivity contribution in [2.24, 2.45) is 62.6 Å². The van der Waals surface area contributed by atoms with Gasteiger partial charge >= 0.3 is 0 Å². The van der Waals surface area contributed by atoms with Crippen molar-refractivity contribution >= 4 is 11.4 Å². The van der Waals surface area contributed by atoms with E-state index in [0.29, 0.717) is 40.9 Å². The lowest BCUT2D eigenvalue weighted by Crippen LogP contribution is -2.53. The maximum atomic E-state index is 9.96. The lowest BCUT2D eigenvalue weighted by molar-refractivity contribution is -0.0384. The minimum Gasteiger partial charge on any atom is -0.411 e. The summed E-state index contributed by atoms with van der Waals surface area (Å²) >= 11 is 0. The summed E-state index contributed by atoms with van der Waals surface area (Å²) in [6.45, 7) is 14.4. The predicted molar refractivity (Wildman–Crippen MR) is 136 cm³/mol. The molecule has 0 aromatic rings. The molecule has 4 nitrogen and oxygen atoms in total. The minimum absolute atomic E-state index is 0.0230. The van der Waals surface area contributed by atoms with Gasteiger partial charge < -0.3 is 10.4 Å². The van der Waals surface area contributed by atoms with E-state index in [0.717, 1.165) is 42.2 Å². The van der Waals surface area contributed by atoms with Gasteiger partial charge in [-0.2, -0.15) is 0 Å². The van der Waals surface area contributed by atoms with Crippen LogP contribution in [-0.4, -0.2) is 21.8 Å². The maximum absolute atomic E-state index is 9.96. The van der Waals surface area contributed by atoms with Crippen LogP contribution >= 0.6 is 0 Å². The molecule has 0 bridgehead atoms. The van der Waals surface area contributed by atoms with Gasteiger partial charge in [0.2, 0.25) is 0 Å². The number of nitrogens with zero attached hydrogens (tertiary/aromatic N) is 2. The van der Waals surface area contributed by atoms with Crippen molar-refractivity contribution in [3.63, 3.8) is 0 Å². The average Bonchev–Trinajstić information content (AvgIpc) is 3.15. The number of hydrogen-bond donors (Lipinski definition) is 2. The van der Waals surface area contributed by atoms with E-state index in [4.69, 9.17) is 0 Å². The average molecular weight is 455 g/mol. The van der Waals surface area contributed by atoms with Gasteiger partial charge in [-0.05, 0) is 115 Å². The normalized spacial score (nSPS) is 42.8. The number of hydrogen-bond acceptors (Lipinski definition) is 4. The summed E-state index contributed by atoms with van der Waals surface area (Å²) in [4.78, 5) is 0. The second-order valence-corrected chi connectivity index (χ2v) is 12.5. The molecule has 0 spiro atoms. The first kappa shape index (κ1) is 24.5. The number of fused-ring (bicyclic) bond motifs is 5. The lowest BCUT2D eigenvalue weighted by atomic mass is 9.46. The van der Waals surface area contributed by atoms with Gasteiger partial charge in [0.15, 0.2) is 0 Å². The molecule has 0 radical (unpaired) electrons. The summed E-state index contributed by atoms with van der Waals surface area (Å²) in [6, 6.07) is 0. The molecular weight excluding hydrogens is 408 g/mol. The molecule has 0 amide bonds. The maximum Gasteiger partial charge on any atom is 0.0836 e. The molecule has 184 valence electrons. The smallest absolute Gasteiger partial charge is 0.0836 e. The summed E-state index contributed by atoms with van der Waals surface area (Å²) < 4.78 is 0. The largest absolute Gasteiger partial charge is 0.411 e. The van der Waals surface area contributed by atoms with Gasteiger partial charge in [-0.1, -0.05) is 64.0 Å². The van der Waals surface area contributed by atoms with E-state index in [9.17, 15) is 10.4 Å². The van der Waals surface area contributed by atoms with Crippen LogP contribution < -0.4 is 0 Å². The van der Waals surface area contributed by atoms with Crippen LogP contribution in [0.3, 0.4) is 0 Å². The van der Waals surface area contributed by atoms with Crippen LogP contribution in [0.15, 0.2) is 34.1 Å². The third-order valence-electron chi connectivity index (χ3n) is 10.8. The molecule has 4 heteroatoms. The summed E-state index contributed by atoms with van der Waals surface area (Å²) in [5.41, 5.74) is 3.07. The zero-order chi connectivity index (χ0) is 24.0. The molecule has 4 rings (SSSR count). The van der Waals surface area contributed by atoms with Crippen LogP contribution in [0.2, 0.25) is 0 Å². The van der Waals surface area contributed by atoms with Crippen LogP contribution in [0, 0.1) is 52.3 Å². The van der Waals surface area contributed by atoms with E-state index < -0.39 is 0 Å². The Morgan fingerprint density at radius 3 is 2.42 bits per heavy atom. The highest BCUT2D eigenvalue weighted by molar-refractivity contribution is 6.09. The number of allylic oxidation sites excluding steroid dienone is 4. The molecular formula is C29H46N2O2. The monoisotopic (exact) mass is 454 g/mol. The molecule has 4 aliphatic carbocycles. The molecule has 1 unspecified atom stereocenters. The molecule has 8 atom stereocenters. The fourth-order valence-electron chi connectivity index (χ4n) is 8.78. The Morgan fingerprint density at radius 2 is 1.79 bits per heavy atom. The SMILES string of the molecule is CCC(/C=C/[C@@H](C)[C@H]1CC[C@H]2[C@@H]3C/C(=N\O)C4=C/C(=N/O)CC[C@]4(C)[C@H]3CC[C@]12C)C(C)C. The minimum atomic E-state index is 0.0230.